The van der Waals surface area contributed by atoms with Crippen molar-refractivity contribution in [2.75, 3.05) is 11.1 Å². The smallest absolute Gasteiger partial charge is 0.265 e. The Morgan fingerprint density at radius 3 is 2.46 bits per heavy atom. The average Bonchev–Trinajstić information content (AvgIpc) is 3.40. The van der Waals surface area contributed by atoms with E-state index in [0.717, 1.165) is 5.56 Å². The molecule has 1 fully saturated rings. The molecule has 142 valence electrons. The number of halogens is 1. The number of hydrogen-bond acceptors (Lipinski definition) is 4. The Labute approximate surface area is 170 Å². The van der Waals surface area contributed by atoms with Crippen LogP contribution >= 0.6 is 23.1 Å². The molecule has 0 spiro atoms. The van der Waals surface area contributed by atoms with E-state index in [9.17, 15) is 14.0 Å². The molecule has 4 rings (SSSR count). The molecule has 2 aromatic carbocycles. The number of amides is 2. The molecule has 2 unspecified atom stereocenters. The number of rotatable bonds is 4. The van der Waals surface area contributed by atoms with Crippen LogP contribution < -0.4 is 5.32 Å². The normalized spacial score (nSPS) is 18.8. The summed E-state index contributed by atoms with van der Waals surface area (Å²) in [5, 5.41) is 4.20. The number of para-hydroxylation sites is 1. The molecular weight excluding hydrogens is 395 g/mol. The molecule has 2 heterocycles. The van der Waals surface area contributed by atoms with Gasteiger partial charge in [0.05, 0.1) is 10.6 Å². The number of benzene rings is 2. The van der Waals surface area contributed by atoms with Gasteiger partial charge in [0.2, 0.25) is 5.91 Å². The quantitative estimate of drug-likeness (QED) is 0.671. The molecule has 0 bridgehead atoms. The zero-order valence-corrected chi connectivity index (χ0v) is 16.4. The highest BCUT2D eigenvalue weighted by Gasteiger charge is 2.43. The summed E-state index contributed by atoms with van der Waals surface area (Å²) < 4.78 is 14.0. The lowest BCUT2D eigenvalue weighted by Crippen LogP contribution is -2.45. The first-order chi connectivity index (χ1) is 13.6. The van der Waals surface area contributed by atoms with Crippen molar-refractivity contribution in [2.24, 2.45) is 0 Å². The molecule has 3 aromatic rings. The second-order valence-corrected chi connectivity index (χ2v) is 8.33. The second-order valence-electron chi connectivity index (χ2n) is 6.27. The molecule has 4 nitrogen and oxygen atoms in total. The summed E-state index contributed by atoms with van der Waals surface area (Å²) in [5.74, 6) is -0.641. The number of thioether (sulfide) groups is 1. The molecule has 7 heteroatoms. The van der Waals surface area contributed by atoms with Gasteiger partial charge in [-0.15, -0.1) is 23.1 Å². The van der Waals surface area contributed by atoms with Crippen molar-refractivity contribution in [3.05, 3.63) is 88.4 Å². The zero-order valence-electron chi connectivity index (χ0n) is 14.7. The summed E-state index contributed by atoms with van der Waals surface area (Å²) in [6.07, 6.45) is 0. The fourth-order valence-electron chi connectivity index (χ4n) is 3.14. The molecule has 0 radical (unpaired) electrons. The van der Waals surface area contributed by atoms with Crippen molar-refractivity contribution in [1.29, 1.82) is 0 Å². The third kappa shape index (κ3) is 3.68. The van der Waals surface area contributed by atoms with Gasteiger partial charge in [-0.2, -0.15) is 0 Å². The van der Waals surface area contributed by atoms with Crippen molar-refractivity contribution in [3.8, 4) is 0 Å². The van der Waals surface area contributed by atoms with Crippen molar-refractivity contribution >= 4 is 40.6 Å². The highest BCUT2D eigenvalue weighted by Crippen LogP contribution is 2.42. The summed E-state index contributed by atoms with van der Waals surface area (Å²) in [4.78, 5) is 28.3. The third-order valence-electron chi connectivity index (χ3n) is 4.49. The lowest BCUT2D eigenvalue weighted by atomic mass is 10.1. The van der Waals surface area contributed by atoms with Gasteiger partial charge in [-0.25, -0.2) is 4.39 Å². The summed E-state index contributed by atoms with van der Waals surface area (Å²) in [7, 11) is 0. The summed E-state index contributed by atoms with van der Waals surface area (Å²) in [6.45, 7) is 0. The molecule has 28 heavy (non-hydrogen) atoms. The van der Waals surface area contributed by atoms with Crippen molar-refractivity contribution in [1.82, 2.24) is 4.90 Å². The Morgan fingerprint density at radius 1 is 1.00 bits per heavy atom. The maximum Gasteiger partial charge on any atom is 0.265 e. The Kier molecular flexibility index (Phi) is 5.45. The Hall–Kier alpha value is -2.64. The van der Waals surface area contributed by atoms with Crippen LogP contribution in [-0.4, -0.2) is 28.5 Å². The van der Waals surface area contributed by atoms with Crippen LogP contribution in [0.3, 0.4) is 0 Å². The Balaban J connectivity index is 1.64. The van der Waals surface area contributed by atoms with Gasteiger partial charge in [0, 0.05) is 5.75 Å². The number of anilines is 1. The number of thiophene rings is 1. The molecule has 2 atom stereocenters. The number of nitrogens with one attached hydrogen (secondary N) is 1. The van der Waals surface area contributed by atoms with Gasteiger partial charge >= 0.3 is 0 Å². The van der Waals surface area contributed by atoms with E-state index in [2.05, 4.69) is 5.32 Å². The minimum atomic E-state index is -0.690. The first-order valence-electron chi connectivity index (χ1n) is 8.73. The molecule has 1 aliphatic heterocycles. The van der Waals surface area contributed by atoms with Crippen molar-refractivity contribution in [2.45, 2.75) is 11.4 Å². The largest absolute Gasteiger partial charge is 0.322 e. The number of hydrogen-bond donors (Lipinski definition) is 1. The first-order valence-corrected chi connectivity index (χ1v) is 10.7. The molecular formula is C21H17FN2O2S2. The Morgan fingerprint density at radius 2 is 1.75 bits per heavy atom. The molecule has 0 saturated carbocycles. The highest BCUT2D eigenvalue weighted by atomic mass is 32.2. The van der Waals surface area contributed by atoms with E-state index in [1.54, 1.807) is 23.1 Å². The second kappa shape index (κ2) is 8.16. The molecule has 1 aliphatic rings. The summed E-state index contributed by atoms with van der Waals surface area (Å²) in [6, 6.07) is 18.5. The van der Waals surface area contributed by atoms with Gasteiger partial charge in [-0.05, 0) is 29.1 Å². The number of nitrogens with zero attached hydrogens (tertiary/aromatic N) is 1. The SMILES string of the molecule is O=C(Nc1ccccc1F)C1CSC(c2ccccc2)N1C(=O)c1cccs1. The molecule has 1 saturated heterocycles. The van der Waals surface area contributed by atoms with Gasteiger partial charge in [-0.1, -0.05) is 48.5 Å². The minimum absolute atomic E-state index is 0.115. The van der Waals surface area contributed by atoms with E-state index in [0.29, 0.717) is 10.6 Å². The zero-order chi connectivity index (χ0) is 19.5. The van der Waals surface area contributed by atoms with E-state index < -0.39 is 11.9 Å². The van der Waals surface area contributed by atoms with E-state index in [4.69, 9.17) is 0 Å². The molecule has 2 amide bonds. The monoisotopic (exact) mass is 412 g/mol. The molecule has 0 aliphatic carbocycles. The third-order valence-corrected chi connectivity index (χ3v) is 6.67. The van der Waals surface area contributed by atoms with Gasteiger partial charge in [-0.3, -0.25) is 9.59 Å². The van der Waals surface area contributed by atoms with Crippen LogP contribution in [-0.2, 0) is 4.79 Å². The maximum atomic E-state index is 14.0. The predicted octanol–water partition coefficient (Wildman–Crippen LogP) is 4.78. The van der Waals surface area contributed by atoms with E-state index in [-0.39, 0.29) is 22.9 Å². The highest BCUT2D eigenvalue weighted by molar-refractivity contribution is 7.99. The lowest BCUT2D eigenvalue weighted by molar-refractivity contribution is -0.119. The Bertz CT molecular complexity index is 979. The fourth-order valence-corrected chi connectivity index (χ4v) is 5.23. The van der Waals surface area contributed by atoms with Crippen molar-refractivity contribution < 1.29 is 14.0 Å². The number of carbonyl (C=O) groups is 2. The topological polar surface area (TPSA) is 49.4 Å². The van der Waals surface area contributed by atoms with Gasteiger partial charge in [0.15, 0.2) is 0 Å². The van der Waals surface area contributed by atoms with Gasteiger partial charge < -0.3 is 10.2 Å². The standard InChI is InChI=1S/C21H17FN2O2S2/c22-15-9-4-5-10-16(15)23-19(25)17-13-28-21(14-7-2-1-3-8-14)24(17)20(26)18-11-6-12-27-18/h1-12,17,21H,13H2,(H,23,25). The van der Waals surface area contributed by atoms with E-state index in [1.165, 1.54) is 35.2 Å². The average molecular weight is 413 g/mol. The van der Waals surface area contributed by atoms with Crippen LogP contribution in [0, 0.1) is 5.82 Å². The van der Waals surface area contributed by atoms with Crippen LogP contribution in [0.5, 0.6) is 0 Å². The van der Waals surface area contributed by atoms with Crippen LogP contribution in [0.2, 0.25) is 0 Å². The van der Waals surface area contributed by atoms with Gasteiger partial charge in [0.1, 0.15) is 17.2 Å². The van der Waals surface area contributed by atoms with Gasteiger partial charge in [0.25, 0.3) is 5.91 Å². The first kappa shape index (κ1) is 18.7. The van der Waals surface area contributed by atoms with Crippen LogP contribution in [0.4, 0.5) is 10.1 Å². The van der Waals surface area contributed by atoms with Crippen LogP contribution in [0.1, 0.15) is 20.6 Å². The molecule has 1 aromatic heterocycles. The summed E-state index contributed by atoms with van der Waals surface area (Å²) in [5.41, 5.74) is 1.07. The van der Waals surface area contributed by atoms with Crippen LogP contribution in [0.15, 0.2) is 72.1 Å². The number of carbonyl (C=O) groups excluding carboxylic acids is 2. The minimum Gasteiger partial charge on any atom is -0.322 e. The van der Waals surface area contributed by atoms with Crippen molar-refractivity contribution in [3.63, 3.8) is 0 Å². The fraction of sp³-hybridized carbons (Fsp3) is 0.143. The summed E-state index contributed by atoms with van der Waals surface area (Å²) >= 11 is 2.88. The predicted molar refractivity (Wildman–Crippen MR) is 111 cm³/mol. The van der Waals surface area contributed by atoms with E-state index in [1.807, 2.05) is 41.8 Å². The lowest BCUT2D eigenvalue weighted by Gasteiger charge is -2.28. The molecule has 1 N–H and O–H groups in total. The van der Waals surface area contributed by atoms with E-state index >= 15 is 0 Å². The van der Waals surface area contributed by atoms with Crippen LogP contribution in [0.25, 0.3) is 0 Å². The maximum absolute atomic E-state index is 14.0.